The van der Waals surface area contributed by atoms with Crippen molar-refractivity contribution in [2.24, 2.45) is 0 Å². The molecular weight excluding hydrogens is 339 g/mol. The van der Waals surface area contributed by atoms with Gasteiger partial charge in [0.2, 0.25) is 0 Å². The van der Waals surface area contributed by atoms with Crippen LogP contribution >= 0.6 is 11.6 Å². The van der Waals surface area contributed by atoms with Gasteiger partial charge in [0.15, 0.2) is 0 Å². The highest BCUT2D eigenvalue weighted by molar-refractivity contribution is 6.33. The van der Waals surface area contributed by atoms with Crippen molar-refractivity contribution in [1.29, 1.82) is 0 Å². The quantitative estimate of drug-likeness (QED) is 0.863. The van der Waals surface area contributed by atoms with Crippen molar-refractivity contribution in [3.8, 4) is 0 Å². The van der Waals surface area contributed by atoms with Gasteiger partial charge in [0, 0.05) is 19.0 Å². The highest BCUT2D eigenvalue weighted by atomic mass is 35.5. The van der Waals surface area contributed by atoms with Gasteiger partial charge in [-0.05, 0) is 25.7 Å². The second-order valence-electron chi connectivity index (χ2n) is 6.25. The van der Waals surface area contributed by atoms with Gasteiger partial charge in [0.25, 0.3) is 5.56 Å². The molecule has 0 unspecified atom stereocenters. The third kappa shape index (κ3) is 3.98. The lowest BCUT2D eigenvalue weighted by molar-refractivity contribution is 0.100. The minimum absolute atomic E-state index is 0.0201. The normalized spacial score (nSPS) is 27.1. The number of hydrogen-bond donors (Lipinski definition) is 2. The van der Waals surface area contributed by atoms with Crippen molar-refractivity contribution in [2.75, 3.05) is 18.0 Å². The second-order valence-corrected chi connectivity index (χ2v) is 6.63. The number of rotatable bonds is 3. The Morgan fingerprint density at radius 3 is 2.88 bits per heavy atom. The number of halogens is 2. The third-order valence-corrected chi connectivity index (χ3v) is 4.88. The molecule has 1 aliphatic heterocycles. The number of carbonyl (C=O) groups is 1. The molecule has 2 N–H and O–H groups in total. The maximum Gasteiger partial charge on any atom is 0.407 e. The molecule has 1 amide bonds. The maximum absolute atomic E-state index is 13.1. The Balaban J connectivity index is 1.50. The van der Waals surface area contributed by atoms with Crippen molar-refractivity contribution < 1.29 is 13.9 Å². The molecule has 7 nitrogen and oxygen atoms in total. The van der Waals surface area contributed by atoms with Crippen LogP contribution in [-0.4, -0.2) is 47.7 Å². The molecule has 3 rings (SSSR count). The van der Waals surface area contributed by atoms with Crippen LogP contribution in [0.5, 0.6) is 0 Å². The lowest BCUT2D eigenvalue weighted by Crippen LogP contribution is -2.40. The predicted molar refractivity (Wildman–Crippen MR) is 87.3 cm³/mol. The minimum Gasteiger partial charge on any atom is -0.444 e. The molecule has 1 aromatic rings. The van der Waals surface area contributed by atoms with Crippen molar-refractivity contribution in [3.63, 3.8) is 0 Å². The number of H-pyrrole nitrogens is 1. The number of hydrogen-bond acceptors (Lipinski definition) is 5. The maximum atomic E-state index is 13.1. The zero-order valence-corrected chi connectivity index (χ0v) is 13.9. The Morgan fingerprint density at radius 2 is 2.12 bits per heavy atom. The summed E-state index contributed by atoms with van der Waals surface area (Å²) in [5.74, 6) is 0. The molecular formula is C15H20ClFN4O3. The Hall–Kier alpha value is -1.83. The van der Waals surface area contributed by atoms with E-state index in [0.717, 1.165) is 0 Å². The molecule has 1 aliphatic carbocycles. The van der Waals surface area contributed by atoms with E-state index in [2.05, 4.69) is 15.5 Å². The molecule has 1 aromatic heterocycles. The second kappa shape index (κ2) is 7.38. The fourth-order valence-electron chi connectivity index (χ4n) is 3.19. The van der Waals surface area contributed by atoms with E-state index in [-0.39, 0.29) is 17.2 Å². The molecule has 2 aliphatic rings. The van der Waals surface area contributed by atoms with Crippen LogP contribution in [0.15, 0.2) is 11.0 Å². The van der Waals surface area contributed by atoms with Crippen LogP contribution in [0.4, 0.5) is 14.9 Å². The summed E-state index contributed by atoms with van der Waals surface area (Å²) in [5.41, 5.74) is 0.0907. The standard InChI is InChI=1S/C15H20ClFN4O3/c16-13-12(7-18-20-14(13)22)21-6-5-11(8-21)24-15(23)19-10-3-1-9(17)2-4-10/h7,9-11H,1-6,8H2,(H,19,23)(H,20,22)/t9-,10+,11-/m1/s1. The van der Waals surface area contributed by atoms with E-state index in [4.69, 9.17) is 16.3 Å². The zero-order chi connectivity index (χ0) is 17.1. The van der Waals surface area contributed by atoms with Gasteiger partial charge in [-0.25, -0.2) is 14.3 Å². The number of carbonyl (C=O) groups excluding carboxylic acids is 1. The molecule has 0 aromatic carbocycles. The van der Waals surface area contributed by atoms with Gasteiger partial charge in [-0.2, -0.15) is 5.10 Å². The number of alkyl halides is 1. The van der Waals surface area contributed by atoms with Gasteiger partial charge in [0.1, 0.15) is 17.3 Å². The van der Waals surface area contributed by atoms with E-state index in [1.165, 1.54) is 6.20 Å². The zero-order valence-electron chi connectivity index (χ0n) is 13.1. The van der Waals surface area contributed by atoms with E-state index in [0.29, 0.717) is 50.9 Å². The predicted octanol–water partition coefficient (Wildman–Crippen LogP) is 2.01. The summed E-state index contributed by atoms with van der Waals surface area (Å²) in [6.07, 6.45) is 2.87. The summed E-state index contributed by atoms with van der Waals surface area (Å²) in [6, 6.07) is -0.0201. The first-order chi connectivity index (χ1) is 11.5. The van der Waals surface area contributed by atoms with Crippen LogP contribution in [0.1, 0.15) is 32.1 Å². The van der Waals surface area contributed by atoms with E-state index < -0.39 is 17.8 Å². The summed E-state index contributed by atoms with van der Waals surface area (Å²) in [5, 5.41) is 8.90. The fraction of sp³-hybridized carbons (Fsp3) is 0.667. The summed E-state index contributed by atoms with van der Waals surface area (Å²) in [6.45, 7) is 1.07. The van der Waals surface area contributed by atoms with Crippen LogP contribution in [0, 0.1) is 0 Å². The first-order valence-electron chi connectivity index (χ1n) is 8.12. The van der Waals surface area contributed by atoms with Crippen LogP contribution in [-0.2, 0) is 4.74 Å². The summed E-state index contributed by atoms with van der Waals surface area (Å²) in [4.78, 5) is 25.3. The monoisotopic (exact) mass is 358 g/mol. The molecule has 132 valence electrons. The molecule has 1 saturated carbocycles. The van der Waals surface area contributed by atoms with Crippen molar-refractivity contribution in [1.82, 2.24) is 15.5 Å². The number of nitrogens with one attached hydrogen (secondary N) is 2. The van der Waals surface area contributed by atoms with Crippen molar-refractivity contribution in [2.45, 2.75) is 50.4 Å². The van der Waals surface area contributed by atoms with Gasteiger partial charge in [-0.15, -0.1) is 0 Å². The first-order valence-corrected chi connectivity index (χ1v) is 8.50. The average Bonchev–Trinajstić information content (AvgIpc) is 3.00. The summed E-state index contributed by atoms with van der Waals surface area (Å²) in [7, 11) is 0. The van der Waals surface area contributed by atoms with Gasteiger partial charge in [-0.3, -0.25) is 4.79 Å². The molecule has 0 bridgehead atoms. The molecule has 2 heterocycles. The smallest absolute Gasteiger partial charge is 0.407 e. The molecule has 1 atom stereocenters. The highest BCUT2D eigenvalue weighted by Crippen LogP contribution is 2.26. The Labute approximate surface area is 143 Å². The number of alkyl carbamates (subject to hydrolysis) is 1. The van der Waals surface area contributed by atoms with Crippen molar-refractivity contribution in [3.05, 3.63) is 21.6 Å². The fourth-order valence-corrected chi connectivity index (χ4v) is 3.40. The SMILES string of the molecule is O=C(N[C@H]1CC[C@@H](F)CC1)O[C@@H]1CCN(c2cn[nH]c(=O)c2Cl)C1. The summed E-state index contributed by atoms with van der Waals surface area (Å²) >= 11 is 5.99. The van der Waals surface area contributed by atoms with Gasteiger partial charge < -0.3 is 15.0 Å². The molecule has 9 heteroatoms. The first kappa shape index (κ1) is 17.0. The Kier molecular flexibility index (Phi) is 5.23. The average molecular weight is 359 g/mol. The summed E-state index contributed by atoms with van der Waals surface area (Å²) < 4.78 is 18.5. The van der Waals surface area contributed by atoms with Crippen molar-refractivity contribution >= 4 is 23.4 Å². The van der Waals surface area contributed by atoms with Crippen LogP contribution < -0.4 is 15.8 Å². The largest absolute Gasteiger partial charge is 0.444 e. The number of ether oxygens (including phenoxy) is 1. The Morgan fingerprint density at radius 1 is 1.38 bits per heavy atom. The van der Waals surface area contributed by atoms with E-state index in [1.807, 2.05) is 4.90 Å². The molecule has 24 heavy (non-hydrogen) atoms. The third-order valence-electron chi connectivity index (χ3n) is 4.52. The van der Waals surface area contributed by atoms with Gasteiger partial charge in [0.05, 0.1) is 18.4 Å². The molecule has 0 radical (unpaired) electrons. The van der Waals surface area contributed by atoms with Gasteiger partial charge >= 0.3 is 6.09 Å². The van der Waals surface area contributed by atoms with Gasteiger partial charge in [-0.1, -0.05) is 11.6 Å². The lowest BCUT2D eigenvalue weighted by Gasteiger charge is -2.25. The van der Waals surface area contributed by atoms with Crippen LogP contribution in [0.3, 0.4) is 0 Å². The Bertz CT molecular complexity index is 648. The number of aromatic nitrogens is 2. The number of nitrogens with zero attached hydrogens (tertiary/aromatic N) is 2. The number of amides is 1. The number of anilines is 1. The molecule has 0 spiro atoms. The van der Waals surface area contributed by atoms with Crippen LogP contribution in [0.2, 0.25) is 5.02 Å². The van der Waals surface area contributed by atoms with Crippen LogP contribution in [0.25, 0.3) is 0 Å². The highest BCUT2D eigenvalue weighted by Gasteiger charge is 2.29. The van der Waals surface area contributed by atoms with E-state index in [9.17, 15) is 14.0 Å². The van der Waals surface area contributed by atoms with E-state index >= 15 is 0 Å². The minimum atomic E-state index is -0.755. The van der Waals surface area contributed by atoms with E-state index in [1.54, 1.807) is 0 Å². The topological polar surface area (TPSA) is 87.3 Å². The molecule has 2 fully saturated rings. The lowest BCUT2D eigenvalue weighted by atomic mass is 9.94. The number of aromatic amines is 1. The molecule has 1 saturated heterocycles.